The number of pyridine rings is 1. The molecule has 7 nitrogen and oxygen atoms in total. The maximum Gasteiger partial charge on any atom is 0.266 e. The average molecular weight is 366 g/mol. The zero-order valence-electron chi connectivity index (χ0n) is 13.6. The summed E-state index contributed by atoms with van der Waals surface area (Å²) in [5, 5.41) is 5.10. The fourth-order valence-corrected chi connectivity index (χ4v) is 3.31. The molecule has 0 fully saturated rings. The summed E-state index contributed by atoms with van der Waals surface area (Å²) in [4.78, 5) is 34.4. The number of fused-ring (bicyclic) bond motifs is 1. The molecular formula is C18H14N4O3S. The molecule has 0 saturated carbocycles. The quantitative estimate of drug-likeness (QED) is 0.767. The third-order valence-electron chi connectivity index (χ3n) is 3.78. The second-order valence-corrected chi connectivity index (χ2v) is 6.40. The fraction of sp³-hybridized carbons (Fsp3) is 0.111. The van der Waals surface area contributed by atoms with Gasteiger partial charge in [-0.3, -0.25) is 14.5 Å². The molecule has 3 heterocycles. The van der Waals surface area contributed by atoms with Gasteiger partial charge < -0.3 is 10.1 Å². The van der Waals surface area contributed by atoms with Gasteiger partial charge in [-0.2, -0.15) is 0 Å². The van der Waals surface area contributed by atoms with Crippen molar-refractivity contribution in [3.63, 3.8) is 0 Å². The molecule has 2 aromatic heterocycles. The van der Waals surface area contributed by atoms with E-state index in [2.05, 4.69) is 15.3 Å². The van der Waals surface area contributed by atoms with Crippen LogP contribution in [0, 0.1) is 0 Å². The van der Waals surface area contributed by atoms with Gasteiger partial charge in [0.1, 0.15) is 6.54 Å². The van der Waals surface area contributed by atoms with Gasteiger partial charge in [-0.15, -0.1) is 11.3 Å². The van der Waals surface area contributed by atoms with Crippen molar-refractivity contribution in [2.45, 2.75) is 0 Å². The fourth-order valence-electron chi connectivity index (χ4n) is 2.57. The molecule has 4 rings (SSSR count). The molecule has 0 saturated heterocycles. The summed E-state index contributed by atoms with van der Waals surface area (Å²) >= 11 is 1.33. The minimum absolute atomic E-state index is 0.110. The van der Waals surface area contributed by atoms with Crippen molar-refractivity contribution >= 4 is 34.1 Å². The summed E-state index contributed by atoms with van der Waals surface area (Å²) in [6.45, 7) is -0.256. The molecule has 1 N–H and O–H groups in total. The van der Waals surface area contributed by atoms with Crippen molar-refractivity contribution in [3.8, 4) is 17.0 Å². The number of aromatic nitrogens is 2. The highest BCUT2D eigenvalue weighted by Crippen LogP contribution is 2.29. The monoisotopic (exact) mass is 366 g/mol. The highest BCUT2D eigenvalue weighted by Gasteiger charge is 2.28. The van der Waals surface area contributed by atoms with Crippen molar-refractivity contribution in [2.75, 3.05) is 23.4 Å². The molecule has 0 aliphatic carbocycles. The van der Waals surface area contributed by atoms with Crippen LogP contribution in [-0.2, 0) is 9.59 Å². The van der Waals surface area contributed by atoms with E-state index in [0.717, 1.165) is 11.3 Å². The summed E-state index contributed by atoms with van der Waals surface area (Å²) in [5.74, 6) is 0.185. The highest BCUT2D eigenvalue weighted by molar-refractivity contribution is 7.14. The number of carbonyl (C=O) groups is 2. The van der Waals surface area contributed by atoms with Crippen LogP contribution in [0.5, 0.6) is 5.75 Å². The maximum atomic E-state index is 12.4. The summed E-state index contributed by atoms with van der Waals surface area (Å²) in [5.41, 5.74) is 1.77. The molecule has 0 bridgehead atoms. The normalized spacial score (nSPS) is 13.1. The van der Waals surface area contributed by atoms with E-state index in [1.165, 1.54) is 16.2 Å². The molecule has 130 valence electrons. The summed E-state index contributed by atoms with van der Waals surface area (Å²) in [6, 6.07) is 13.1. The van der Waals surface area contributed by atoms with Crippen LogP contribution >= 0.6 is 11.3 Å². The first-order chi connectivity index (χ1) is 12.7. The molecule has 0 atom stereocenters. The number of benzene rings is 1. The van der Waals surface area contributed by atoms with Crippen LogP contribution in [0.3, 0.4) is 0 Å². The maximum absolute atomic E-state index is 12.4. The molecule has 0 unspecified atom stereocenters. The third-order valence-corrected chi connectivity index (χ3v) is 4.54. The van der Waals surface area contributed by atoms with Gasteiger partial charge in [-0.05, 0) is 12.1 Å². The van der Waals surface area contributed by atoms with Gasteiger partial charge in [-0.25, -0.2) is 9.97 Å². The zero-order valence-corrected chi connectivity index (χ0v) is 14.4. The van der Waals surface area contributed by atoms with Crippen molar-refractivity contribution in [3.05, 3.63) is 54.0 Å². The predicted molar refractivity (Wildman–Crippen MR) is 98.3 cm³/mol. The first-order valence-electron chi connectivity index (χ1n) is 7.90. The molecule has 0 radical (unpaired) electrons. The lowest BCUT2D eigenvalue weighted by molar-refractivity contribution is -0.123. The third kappa shape index (κ3) is 3.27. The van der Waals surface area contributed by atoms with E-state index in [1.54, 1.807) is 18.3 Å². The molecular weight excluding hydrogens is 352 g/mol. The lowest BCUT2D eigenvalue weighted by Crippen LogP contribution is -2.43. The minimum Gasteiger partial charge on any atom is -0.480 e. The van der Waals surface area contributed by atoms with Gasteiger partial charge in [0.2, 0.25) is 5.91 Å². The van der Waals surface area contributed by atoms with Gasteiger partial charge >= 0.3 is 0 Å². The Labute approximate surface area is 153 Å². The van der Waals surface area contributed by atoms with Crippen LogP contribution in [0.4, 0.5) is 10.9 Å². The van der Waals surface area contributed by atoms with Crippen LogP contribution in [0.2, 0.25) is 0 Å². The van der Waals surface area contributed by atoms with E-state index in [9.17, 15) is 9.59 Å². The number of nitrogens with one attached hydrogen (secondary N) is 1. The van der Waals surface area contributed by atoms with Crippen LogP contribution in [0.1, 0.15) is 0 Å². The Morgan fingerprint density at radius 2 is 2.08 bits per heavy atom. The van der Waals surface area contributed by atoms with Crippen molar-refractivity contribution in [2.24, 2.45) is 0 Å². The molecule has 1 aromatic carbocycles. The molecule has 1 aliphatic heterocycles. The number of hydrogen-bond acceptors (Lipinski definition) is 6. The Kier molecular flexibility index (Phi) is 4.32. The van der Waals surface area contributed by atoms with Gasteiger partial charge in [0.05, 0.1) is 5.69 Å². The van der Waals surface area contributed by atoms with Crippen molar-refractivity contribution < 1.29 is 14.3 Å². The number of nitrogens with zero attached hydrogens (tertiary/aromatic N) is 3. The molecule has 2 amide bonds. The SMILES string of the molecule is O=C(CN1C(=O)COc2cccnc21)Nc1nc(-c2ccccc2)cs1. The molecule has 0 spiro atoms. The predicted octanol–water partition coefficient (Wildman–Crippen LogP) is 2.57. The number of amides is 2. The highest BCUT2D eigenvalue weighted by atomic mass is 32.1. The number of rotatable bonds is 4. The summed E-state index contributed by atoms with van der Waals surface area (Å²) in [7, 11) is 0. The van der Waals surface area contributed by atoms with Crippen LogP contribution in [0.15, 0.2) is 54.0 Å². The Balaban J connectivity index is 1.47. The Hall–Kier alpha value is -3.26. The topological polar surface area (TPSA) is 84.4 Å². The largest absolute Gasteiger partial charge is 0.480 e. The van der Waals surface area contributed by atoms with Gasteiger partial charge in [-0.1, -0.05) is 30.3 Å². The van der Waals surface area contributed by atoms with E-state index in [4.69, 9.17) is 4.74 Å². The number of anilines is 2. The van der Waals surface area contributed by atoms with Crippen molar-refractivity contribution in [1.29, 1.82) is 0 Å². The number of thiazole rings is 1. The lowest BCUT2D eigenvalue weighted by atomic mass is 10.2. The zero-order chi connectivity index (χ0) is 17.9. The van der Waals surface area contributed by atoms with Crippen molar-refractivity contribution in [1.82, 2.24) is 9.97 Å². The lowest BCUT2D eigenvalue weighted by Gasteiger charge is -2.27. The Morgan fingerprint density at radius 3 is 2.92 bits per heavy atom. The number of hydrogen-bond donors (Lipinski definition) is 1. The van der Waals surface area contributed by atoms with E-state index in [1.807, 2.05) is 35.7 Å². The summed E-state index contributed by atoms with van der Waals surface area (Å²) in [6.07, 6.45) is 1.55. The minimum atomic E-state index is -0.342. The van der Waals surface area contributed by atoms with E-state index < -0.39 is 0 Å². The van der Waals surface area contributed by atoms with E-state index in [-0.39, 0.29) is 25.0 Å². The van der Waals surface area contributed by atoms with Gasteiger partial charge in [0, 0.05) is 17.1 Å². The molecule has 1 aliphatic rings. The number of carbonyl (C=O) groups excluding carboxylic acids is 2. The second kappa shape index (κ2) is 6.93. The van der Waals surface area contributed by atoms with Crippen LogP contribution in [0.25, 0.3) is 11.3 Å². The first-order valence-corrected chi connectivity index (χ1v) is 8.77. The smallest absolute Gasteiger partial charge is 0.266 e. The van der Waals surface area contributed by atoms with Gasteiger partial charge in [0.25, 0.3) is 5.91 Å². The first kappa shape index (κ1) is 16.2. The summed E-state index contributed by atoms with van der Waals surface area (Å²) < 4.78 is 5.32. The molecule has 8 heteroatoms. The van der Waals surface area contributed by atoms with Crippen LogP contribution < -0.4 is 15.0 Å². The Bertz CT molecular complexity index is 958. The average Bonchev–Trinajstić information content (AvgIpc) is 3.13. The van der Waals surface area contributed by atoms with E-state index in [0.29, 0.717) is 16.7 Å². The number of ether oxygens (including phenoxy) is 1. The molecule has 3 aromatic rings. The second-order valence-electron chi connectivity index (χ2n) is 5.55. The molecule has 26 heavy (non-hydrogen) atoms. The standard InChI is InChI=1S/C18H14N4O3S/c23-15(9-22-16(24)10-25-14-7-4-8-19-17(14)22)21-18-20-13(11-26-18)12-5-2-1-3-6-12/h1-8,11H,9-10H2,(H,20,21,23). The Morgan fingerprint density at radius 1 is 1.23 bits per heavy atom. The van der Waals surface area contributed by atoms with Gasteiger partial charge in [0.15, 0.2) is 23.3 Å². The van der Waals surface area contributed by atoms with Crippen LogP contribution in [-0.4, -0.2) is 34.9 Å². The van der Waals surface area contributed by atoms with E-state index >= 15 is 0 Å².